The van der Waals surface area contributed by atoms with Gasteiger partial charge in [0, 0.05) is 18.1 Å². The molecule has 1 aliphatic heterocycles. The number of aromatic nitrogens is 2. The number of carbonyl (C=O) groups is 2. The summed E-state index contributed by atoms with van der Waals surface area (Å²) in [6.45, 7) is 2.88. The van der Waals surface area contributed by atoms with E-state index in [2.05, 4.69) is 9.59 Å². The third-order valence-electron chi connectivity index (χ3n) is 2.67. The van der Waals surface area contributed by atoms with Crippen LogP contribution in [-0.2, 0) is 16.1 Å². The zero-order valence-electron chi connectivity index (χ0n) is 9.42. The van der Waals surface area contributed by atoms with Crippen LogP contribution in [0.5, 0.6) is 0 Å². The summed E-state index contributed by atoms with van der Waals surface area (Å²) < 4.78 is 3.70. The molecule has 0 bridgehead atoms. The summed E-state index contributed by atoms with van der Waals surface area (Å²) in [5.41, 5.74) is 6.21. The van der Waals surface area contributed by atoms with Gasteiger partial charge in [0.05, 0.1) is 13.1 Å². The highest BCUT2D eigenvalue weighted by Crippen LogP contribution is 2.16. The lowest BCUT2D eigenvalue weighted by atomic mass is 10.2. The van der Waals surface area contributed by atoms with Gasteiger partial charge in [0.2, 0.25) is 11.8 Å². The first-order valence-electron chi connectivity index (χ1n) is 5.24. The van der Waals surface area contributed by atoms with Crippen LogP contribution in [0, 0.1) is 0 Å². The van der Waals surface area contributed by atoms with E-state index in [1.54, 1.807) is 0 Å². The van der Waals surface area contributed by atoms with Crippen molar-refractivity contribution in [3.05, 3.63) is 5.69 Å². The van der Waals surface area contributed by atoms with Gasteiger partial charge >= 0.3 is 0 Å². The Morgan fingerprint density at radius 2 is 1.94 bits per heavy atom. The van der Waals surface area contributed by atoms with E-state index in [1.807, 2.05) is 6.92 Å². The number of carbonyl (C=O) groups excluding carboxylic acids is 2. The number of rotatable bonds is 3. The molecule has 1 fully saturated rings. The number of amides is 2. The van der Waals surface area contributed by atoms with Gasteiger partial charge in [-0.2, -0.15) is 0 Å². The van der Waals surface area contributed by atoms with E-state index in [4.69, 9.17) is 5.73 Å². The number of hydrogen-bond donors (Lipinski definition) is 1. The van der Waals surface area contributed by atoms with E-state index < -0.39 is 0 Å². The molecule has 0 saturated carbocycles. The first-order valence-corrected chi connectivity index (χ1v) is 6.01. The Labute approximate surface area is 102 Å². The Balaban J connectivity index is 2.06. The minimum Gasteiger partial charge on any atom is -0.388 e. The molecule has 1 aliphatic rings. The molecule has 2 heterocycles. The van der Waals surface area contributed by atoms with Crippen LogP contribution in [-0.4, -0.2) is 50.8 Å². The van der Waals surface area contributed by atoms with Gasteiger partial charge in [-0.25, -0.2) is 0 Å². The SMILES string of the molecule is CCN1CC(=O)N(Cc2nnsc2N)CC1=O. The highest BCUT2D eigenvalue weighted by molar-refractivity contribution is 7.09. The van der Waals surface area contributed by atoms with E-state index >= 15 is 0 Å². The van der Waals surface area contributed by atoms with E-state index in [1.165, 1.54) is 9.80 Å². The van der Waals surface area contributed by atoms with Gasteiger partial charge in [-0.05, 0) is 6.92 Å². The minimum atomic E-state index is -0.0844. The van der Waals surface area contributed by atoms with Crippen molar-refractivity contribution >= 4 is 28.3 Å². The van der Waals surface area contributed by atoms with Crippen LogP contribution in [0.15, 0.2) is 0 Å². The van der Waals surface area contributed by atoms with Crippen LogP contribution in [0.25, 0.3) is 0 Å². The van der Waals surface area contributed by atoms with E-state index in [0.29, 0.717) is 17.2 Å². The number of nitrogens with zero attached hydrogens (tertiary/aromatic N) is 4. The molecule has 0 aromatic carbocycles. The summed E-state index contributed by atoms with van der Waals surface area (Å²) in [5.74, 6) is -0.132. The standard InChI is InChI=1S/C9H13N5O2S/c1-2-13-4-8(16)14(5-7(13)15)3-6-9(10)17-12-11-6/h2-5,10H2,1H3. The summed E-state index contributed by atoms with van der Waals surface area (Å²) in [6.07, 6.45) is 0. The number of anilines is 1. The van der Waals surface area contributed by atoms with Crippen LogP contribution in [0.2, 0.25) is 0 Å². The molecule has 0 spiro atoms. The number of hydrogen-bond acceptors (Lipinski definition) is 6. The Morgan fingerprint density at radius 3 is 2.53 bits per heavy atom. The molecule has 2 rings (SSSR count). The third kappa shape index (κ3) is 2.36. The second-order valence-electron chi connectivity index (χ2n) is 3.74. The van der Waals surface area contributed by atoms with Gasteiger partial charge in [0.25, 0.3) is 0 Å². The summed E-state index contributed by atoms with van der Waals surface area (Å²) in [4.78, 5) is 26.4. The predicted molar refractivity (Wildman–Crippen MR) is 62.0 cm³/mol. The average Bonchev–Trinajstić information content (AvgIpc) is 2.69. The van der Waals surface area contributed by atoms with Crippen molar-refractivity contribution in [2.45, 2.75) is 13.5 Å². The third-order valence-corrected chi connectivity index (χ3v) is 3.26. The van der Waals surface area contributed by atoms with Gasteiger partial charge in [0.15, 0.2) is 0 Å². The maximum absolute atomic E-state index is 11.8. The molecule has 1 aromatic rings. The zero-order chi connectivity index (χ0) is 12.4. The maximum atomic E-state index is 11.8. The monoisotopic (exact) mass is 255 g/mol. The van der Waals surface area contributed by atoms with Crippen LogP contribution in [0.3, 0.4) is 0 Å². The Kier molecular flexibility index (Phi) is 3.23. The summed E-state index contributed by atoms with van der Waals surface area (Å²) in [7, 11) is 0. The van der Waals surface area contributed by atoms with Gasteiger partial charge in [-0.1, -0.05) is 4.49 Å². The number of nitrogen functional groups attached to an aromatic ring is 1. The molecule has 2 amide bonds. The lowest BCUT2D eigenvalue weighted by Gasteiger charge is -2.32. The maximum Gasteiger partial charge on any atom is 0.243 e. The molecule has 0 radical (unpaired) electrons. The largest absolute Gasteiger partial charge is 0.388 e. The lowest BCUT2D eigenvalue weighted by Crippen LogP contribution is -2.53. The first-order chi connectivity index (χ1) is 8.11. The molecule has 92 valence electrons. The fourth-order valence-electron chi connectivity index (χ4n) is 1.64. The van der Waals surface area contributed by atoms with Crippen molar-refractivity contribution in [3.8, 4) is 0 Å². The van der Waals surface area contributed by atoms with Gasteiger partial charge in [0.1, 0.15) is 17.2 Å². The Hall–Kier alpha value is -1.70. The van der Waals surface area contributed by atoms with E-state index in [0.717, 1.165) is 11.5 Å². The summed E-state index contributed by atoms with van der Waals surface area (Å²) >= 11 is 1.08. The van der Waals surface area contributed by atoms with Crippen LogP contribution in [0.1, 0.15) is 12.6 Å². The number of likely N-dealkylation sites (N-methyl/N-ethyl adjacent to an activating group) is 1. The molecule has 0 aliphatic carbocycles. The quantitative estimate of drug-likeness (QED) is 0.772. The molecule has 17 heavy (non-hydrogen) atoms. The fraction of sp³-hybridized carbons (Fsp3) is 0.556. The van der Waals surface area contributed by atoms with Crippen LogP contribution in [0.4, 0.5) is 5.00 Å². The molecular formula is C9H13N5O2S. The topological polar surface area (TPSA) is 92.4 Å². The van der Waals surface area contributed by atoms with E-state index in [9.17, 15) is 9.59 Å². The second kappa shape index (κ2) is 4.66. The van der Waals surface area contributed by atoms with Crippen molar-refractivity contribution in [1.82, 2.24) is 19.4 Å². The van der Waals surface area contributed by atoms with E-state index in [-0.39, 0.29) is 31.4 Å². The molecular weight excluding hydrogens is 242 g/mol. The first kappa shape index (κ1) is 11.8. The highest BCUT2D eigenvalue weighted by atomic mass is 32.1. The Morgan fingerprint density at radius 1 is 1.29 bits per heavy atom. The fourth-order valence-corrected chi connectivity index (χ4v) is 2.08. The zero-order valence-corrected chi connectivity index (χ0v) is 10.2. The van der Waals surface area contributed by atoms with Gasteiger partial charge < -0.3 is 15.5 Å². The lowest BCUT2D eigenvalue weighted by molar-refractivity contribution is -0.150. The predicted octanol–water partition coefficient (Wildman–Crippen LogP) is -0.689. The molecule has 8 heteroatoms. The number of piperazine rings is 1. The number of nitrogens with two attached hydrogens (primary N) is 1. The van der Waals surface area contributed by atoms with Crippen molar-refractivity contribution in [3.63, 3.8) is 0 Å². The van der Waals surface area contributed by atoms with Crippen molar-refractivity contribution in [1.29, 1.82) is 0 Å². The molecule has 1 aromatic heterocycles. The minimum absolute atomic E-state index is 0.0474. The smallest absolute Gasteiger partial charge is 0.243 e. The summed E-state index contributed by atoms with van der Waals surface area (Å²) in [5, 5.41) is 4.32. The molecule has 2 N–H and O–H groups in total. The molecule has 1 saturated heterocycles. The van der Waals surface area contributed by atoms with Gasteiger partial charge in [-0.3, -0.25) is 9.59 Å². The van der Waals surface area contributed by atoms with Crippen LogP contribution >= 0.6 is 11.5 Å². The highest BCUT2D eigenvalue weighted by Gasteiger charge is 2.29. The van der Waals surface area contributed by atoms with Crippen molar-refractivity contribution < 1.29 is 9.59 Å². The molecule has 7 nitrogen and oxygen atoms in total. The van der Waals surface area contributed by atoms with Crippen molar-refractivity contribution in [2.75, 3.05) is 25.4 Å². The van der Waals surface area contributed by atoms with Gasteiger partial charge in [-0.15, -0.1) is 5.10 Å². The summed E-state index contributed by atoms with van der Waals surface area (Å²) in [6, 6.07) is 0. The normalized spacial score (nSPS) is 16.8. The molecule has 0 atom stereocenters. The average molecular weight is 255 g/mol. The van der Waals surface area contributed by atoms with Crippen LogP contribution < -0.4 is 5.73 Å². The molecule has 0 unspecified atom stereocenters. The second-order valence-corrected chi connectivity index (χ2v) is 4.53. The van der Waals surface area contributed by atoms with Crippen molar-refractivity contribution in [2.24, 2.45) is 0 Å². The Bertz CT molecular complexity index is 446.